The van der Waals surface area contributed by atoms with Crippen LogP contribution < -0.4 is 10.5 Å². The Kier molecular flexibility index (Phi) is 4.51. The molecule has 0 heterocycles. The average Bonchev–Trinajstić information content (AvgIpc) is 2.23. The van der Waals surface area contributed by atoms with Gasteiger partial charge in [-0.15, -0.1) is 5.92 Å². The molecule has 0 bridgehead atoms. The molecule has 0 unspecified atom stereocenters. The first-order chi connectivity index (χ1) is 7.88. The van der Waals surface area contributed by atoms with Gasteiger partial charge < -0.3 is 5.73 Å². The summed E-state index contributed by atoms with van der Waals surface area (Å²) in [5.41, 5.74) is 5.65. The molecule has 4 nitrogen and oxygen atoms in total. The van der Waals surface area contributed by atoms with Gasteiger partial charge in [-0.2, -0.15) is 4.72 Å². The minimum absolute atomic E-state index is 0.0752. The SMILES string of the molecule is CC#CCNS(=O)(=O)c1cc(N)c(Br)cc1F. The van der Waals surface area contributed by atoms with E-state index in [2.05, 4.69) is 32.5 Å². The molecule has 3 N–H and O–H groups in total. The van der Waals surface area contributed by atoms with Gasteiger partial charge in [0.2, 0.25) is 10.0 Å². The lowest BCUT2D eigenvalue weighted by molar-refractivity contribution is 0.560. The van der Waals surface area contributed by atoms with Crippen molar-refractivity contribution >= 4 is 31.6 Å². The predicted octanol–water partition coefficient (Wildman–Crippen LogP) is 1.47. The van der Waals surface area contributed by atoms with E-state index >= 15 is 0 Å². The highest BCUT2D eigenvalue weighted by molar-refractivity contribution is 9.10. The molecule has 0 aromatic heterocycles. The summed E-state index contributed by atoms with van der Waals surface area (Å²) < 4.78 is 39.4. The summed E-state index contributed by atoms with van der Waals surface area (Å²) in [6, 6.07) is 2.07. The molecule has 17 heavy (non-hydrogen) atoms. The van der Waals surface area contributed by atoms with Gasteiger partial charge in [-0.3, -0.25) is 0 Å². The summed E-state index contributed by atoms with van der Waals surface area (Å²) >= 11 is 3.01. The van der Waals surface area contributed by atoms with Crippen LogP contribution in [0.3, 0.4) is 0 Å². The monoisotopic (exact) mass is 320 g/mol. The minimum atomic E-state index is -3.93. The lowest BCUT2D eigenvalue weighted by Gasteiger charge is -2.07. The van der Waals surface area contributed by atoms with Crippen LogP contribution in [0.4, 0.5) is 10.1 Å². The highest BCUT2D eigenvalue weighted by atomic mass is 79.9. The summed E-state index contributed by atoms with van der Waals surface area (Å²) in [6.45, 7) is 1.50. The van der Waals surface area contributed by atoms with Gasteiger partial charge in [0.1, 0.15) is 10.7 Å². The highest BCUT2D eigenvalue weighted by Crippen LogP contribution is 2.25. The Morgan fingerprint density at radius 1 is 1.53 bits per heavy atom. The molecule has 7 heteroatoms. The maximum absolute atomic E-state index is 13.5. The van der Waals surface area contributed by atoms with E-state index in [9.17, 15) is 12.8 Å². The van der Waals surface area contributed by atoms with Crippen molar-refractivity contribution in [2.24, 2.45) is 0 Å². The van der Waals surface area contributed by atoms with Crippen LogP contribution in [0, 0.1) is 17.7 Å². The van der Waals surface area contributed by atoms with Crippen LogP contribution >= 0.6 is 15.9 Å². The van der Waals surface area contributed by atoms with Crippen LogP contribution in [0.25, 0.3) is 0 Å². The first-order valence-corrected chi connectivity index (χ1v) is 6.80. The van der Waals surface area contributed by atoms with Crippen molar-refractivity contribution in [3.05, 3.63) is 22.4 Å². The Hall–Kier alpha value is -1.10. The van der Waals surface area contributed by atoms with E-state index in [-0.39, 0.29) is 12.2 Å². The topological polar surface area (TPSA) is 72.2 Å². The normalized spacial score (nSPS) is 10.8. The van der Waals surface area contributed by atoms with E-state index < -0.39 is 20.7 Å². The summed E-state index contributed by atoms with van der Waals surface area (Å²) in [6.07, 6.45) is 0. The highest BCUT2D eigenvalue weighted by Gasteiger charge is 2.19. The number of anilines is 1. The van der Waals surface area contributed by atoms with Crippen molar-refractivity contribution in [2.45, 2.75) is 11.8 Å². The van der Waals surface area contributed by atoms with Crippen LogP contribution in [-0.4, -0.2) is 15.0 Å². The lowest BCUT2D eigenvalue weighted by atomic mass is 10.3. The molecule has 0 spiro atoms. The van der Waals surface area contributed by atoms with Crippen LogP contribution in [0.5, 0.6) is 0 Å². The van der Waals surface area contributed by atoms with Crippen LogP contribution in [0.1, 0.15) is 6.92 Å². The molecular formula is C10H10BrFN2O2S. The van der Waals surface area contributed by atoms with E-state index in [1.54, 1.807) is 6.92 Å². The summed E-state index contributed by atoms with van der Waals surface area (Å²) in [5, 5.41) is 0. The Morgan fingerprint density at radius 3 is 2.76 bits per heavy atom. The molecular weight excluding hydrogens is 311 g/mol. The van der Waals surface area contributed by atoms with Crippen molar-refractivity contribution in [1.82, 2.24) is 4.72 Å². The van der Waals surface area contributed by atoms with E-state index in [0.29, 0.717) is 4.47 Å². The Morgan fingerprint density at radius 2 is 2.18 bits per heavy atom. The number of sulfonamides is 1. The lowest BCUT2D eigenvalue weighted by Crippen LogP contribution is -2.25. The van der Waals surface area contributed by atoms with Gasteiger partial charge >= 0.3 is 0 Å². The molecule has 1 aromatic rings. The first kappa shape index (κ1) is 14.0. The Bertz CT molecular complexity index is 590. The first-order valence-electron chi connectivity index (χ1n) is 4.52. The molecule has 92 valence electrons. The van der Waals surface area contributed by atoms with Gasteiger partial charge in [-0.25, -0.2) is 12.8 Å². The molecule has 0 amide bonds. The minimum Gasteiger partial charge on any atom is -0.398 e. The molecule has 0 fully saturated rings. The van der Waals surface area contributed by atoms with Crippen molar-refractivity contribution in [3.8, 4) is 11.8 Å². The zero-order valence-electron chi connectivity index (χ0n) is 8.92. The fourth-order valence-electron chi connectivity index (χ4n) is 1.05. The second kappa shape index (κ2) is 5.49. The van der Waals surface area contributed by atoms with Crippen LogP contribution in [0.15, 0.2) is 21.5 Å². The van der Waals surface area contributed by atoms with Crippen molar-refractivity contribution in [2.75, 3.05) is 12.3 Å². The number of hydrogen-bond donors (Lipinski definition) is 2. The van der Waals surface area contributed by atoms with Gasteiger partial charge in [0.25, 0.3) is 0 Å². The second-order valence-corrected chi connectivity index (χ2v) is 5.65. The number of nitrogens with two attached hydrogens (primary N) is 1. The molecule has 1 aromatic carbocycles. The van der Waals surface area contributed by atoms with E-state index in [4.69, 9.17) is 5.73 Å². The van der Waals surface area contributed by atoms with Crippen molar-refractivity contribution in [1.29, 1.82) is 0 Å². The molecule has 0 aliphatic heterocycles. The molecule has 0 radical (unpaired) electrons. The van der Waals surface area contributed by atoms with Crippen molar-refractivity contribution < 1.29 is 12.8 Å². The van der Waals surface area contributed by atoms with Gasteiger partial charge in [0, 0.05) is 10.2 Å². The number of hydrogen-bond acceptors (Lipinski definition) is 3. The smallest absolute Gasteiger partial charge is 0.244 e. The number of halogens is 2. The predicted molar refractivity (Wildman–Crippen MR) is 67.2 cm³/mol. The molecule has 0 aliphatic carbocycles. The standard InChI is InChI=1S/C10H10BrFN2O2S/c1-2-3-4-14-17(15,16)10-6-9(13)7(11)5-8(10)12/h5-6,14H,4,13H2,1H3. The summed E-state index contributed by atoms with van der Waals surface area (Å²) in [5.74, 6) is 4.17. The second-order valence-electron chi connectivity index (χ2n) is 3.06. The largest absolute Gasteiger partial charge is 0.398 e. The van der Waals surface area contributed by atoms with Crippen LogP contribution in [0.2, 0.25) is 0 Å². The number of rotatable bonds is 3. The third-order valence-electron chi connectivity index (χ3n) is 1.87. The molecule has 0 saturated heterocycles. The van der Waals surface area contributed by atoms with Crippen molar-refractivity contribution in [3.63, 3.8) is 0 Å². The van der Waals surface area contributed by atoms with Gasteiger partial charge in [0.05, 0.1) is 6.54 Å². The number of benzene rings is 1. The van der Waals surface area contributed by atoms with E-state index in [0.717, 1.165) is 12.1 Å². The summed E-state index contributed by atoms with van der Waals surface area (Å²) in [4.78, 5) is -0.490. The maximum atomic E-state index is 13.5. The zero-order chi connectivity index (χ0) is 13.1. The molecule has 0 saturated carbocycles. The van der Waals surface area contributed by atoms with Gasteiger partial charge in [0.15, 0.2) is 0 Å². The Balaban J connectivity index is 3.14. The van der Waals surface area contributed by atoms with Gasteiger partial charge in [-0.1, -0.05) is 5.92 Å². The fourth-order valence-corrected chi connectivity index (χ4v) is 2.38. The van der Waals surface area contributed by atoms with E-state index in [1.165, 1.54) is 0 Å². The average molecular weight is 321 g/mol. The van der Waals surface area contributed by atoms with Gasteiger partial charge in [-0.05, 0) is 35.0 Å². The number of nitrogen functional groups attached to an aromatic ring is 1. The Labute approximate surface area is 108 Å². The molecule has 1 rings (SSSR count). The maximum Gasteiger partial charge on any atom is 0.244 e. The molecule has 0 aliphatic rings. The molecule has 0 atom stereocenters. The third kappa shape index (κ3) is 3.43. The zero-order valence-corrected chi connectivity index (χ0v) is 11.3. The van der Waals surface area contributed by atoms with E-state index in [1.807, 2.05) is 0 Å². The summed E-state index contributed by atoms with van der Waals surface area (Å²) in [7, 11) is -3.93. The third-order valence-corrected chi connectivity index (χ3v) is 3.97. The fraction of sp³-hybridized carbons (Fsp3) is 0.200. The quantitative estimate of drug-likeness (QED) is 0.654. The number of nitrogens with one attached hydrogen (secondary N) is 1. The van der Waals surface area contributed by atoms with Crippen LogP contribution in [-0.2, 0) is 10.0 Å².